The van der Waals surface area contributed by atoms with Crippen molar-refractivity contribution < 1.29 is 14.3 Å². The van der Waals surface area contributed by atoms with E-state index in [1.165, 1.54) is 14.2 Å². The Labute approximate surface area is 92.2 Å². The summed E-state index contributed by atoms with van der Waals surface area (Å²) in [5, 5.41) is 2.77. The number of amides is 1. The van der Waals surface area contributed by atoms with Crippen molar-refractivity contribution in [2.45, 2.75) is 18.9 Å². The SMILES string of the molecule is COc1nc(OC)nc(C2CCC(=O)N2)n1. The van der Waals surface area contributed by atoms with E-state index in [9.17, 15) is 4.79 Å². The maximum atomic E-state index is 11.1. The van der Waals surface area contributed by atoms with E-state index in [2.05, 4.69) is 20.3 Å². The highest BCUT2D eigenvalue weighted by atomic mass is 16.5. The van der Waals surface area contributed by atoms with E-state index in [1.807, 2.05) is 0 Å². The van der Waals surface area contributed by atoms with Gasteiger partial charge in [0.2, 0.25) is 5.91 Å². The number of carbonyl (C=O) groups is 1. The zero-order valence-electron chi connectivity index (χ0n) is 9.06. The van der Waals surface area contributed by atoms with Gasteiger partial charge in [0.15, 0.2) is 5.82 Å². The zero-order chi connectivity index (χ0) is 11.5. The number of rotatable bonds is 3. The summed E-state index contributed by atoms with van der Waals surface area (Å²) in [7, 11) is 2.93. The molecule has 0 radical (unpaired) electrons. The van der Waals surface area contributed by atoms with Crippen LogP contribution in [0.15, 0.2) is 0 Å². The van der Waals surface area contributed by atoms with Crippen molar-refractivity contribution in [1.29, 1.82) is 0 Å². The third-order valence-corrected chi connectivity index (χ3v) is 2.28. The molecule has 0 aromatic carbocycles. The fourth-order valence-corrected chi connectivity index (χ4v) is 1.50. The number of nitrogens with one attached hydrogen (secondary N) is 1. The molecule has 0 saturated carbocycles. The molecule has 1 aromatic rings. The second-order valence-electron chi connectivity index (χ2n) is 3.33. The van der Waals surface area contributed by atoms with Gasteiger partial charge in [0.05, 0.1) is 20.3 Å². The number of hydrogen-bond acceptors (Lipinski definition) is 6. The Balaban J connectivity index is 2.29. The van der Waals surface area contributed by atoms with Crippen LogP contribution in [0.1, 0.15) is 24.7 Å². The van der Waals surface area contributed by atoms with Gasteiger partial charge in [-0.05, 0) is 6.42 Å². The largest absolute Gasteiger partial charge is 0.467 e. The minimum absolute atomic E-state index is 0.00310. The smallest absolute Gasteiger partial charge is 0.322 e. The Hall–Kier alpha value is -1.92. The Morgan fingerprint density at radius 2 is 1.81 bits per heavy atom. The molecule has 16 heavy (non-hydrogen) atoms. The van der Waals surface area contributed by atoms with E-state index in [1.54, 1.807) is 0 Å². The minimum Gasteiger partial charge on any atom is -0.467 e. The zero-order valence-corrected chi connectivity index (χ0v) is 9.06. The molecule has 2 heterocycles. The lowest BCUT2D eigenvalue weighted by molar-refractivity contribution is -0.119. The third kappa shape index (κ3) is 2.02. The van der Waals surface area contributed by atoms with Gasteiger partial charge in [-0.1, -0.05) is 0 Å². The van der Waals surface area contributed by atoms with E-state index in [4.69, 9.17) is 9.47 Å². The Kier molecular flexibility index (Phi) is 2.84. The highest BCUT2D eigenvalue weighted by molar-refractivity contribution is 5.78. The first kappa shape index (κ1) is 10.6. The fraction of sp³-hybridized carbons (Fsp3) is 0.556. The number of methoxy groups -OCH3 is 2. The summed E-state index contributed by atoms with van der Waals surface area (Å²) >= 11 is 0. The van der Waals surface area contributed by atoms with Gasteiger partial charge in [-0.3, -0.25) is 4.79 Å². The van der Waals surface area contributed by atoms with Crippen LogP contribution in [0.25, 0.3) is 0 Å². The number of hydrogen-bond donors (Lipinski definition) is 1. The summed E-state index contributed by atoms with van der Waals surface area (Å²) in [5.74, 6) is 0.470. The van der Waals surface area contributed by atoms with Gasteiger partial charge in [0, 0.05) is 6.42 Å². The molecule has 1 aliphatic rings. The van der Waals surface area contributed by atoms with Gasteiger partial charge in [-0.2, -0.15) is 9.97 Å². The molecule has 0 bridgehead atoms. The number of carbonyl (C=O) groups excluding carboxylic acids is 1. The van der Waals surface area contributed by atoms with Crippen LogP contribution in [0.2, 0.25) is 0 Å². The molecule has 1 fully saturated rings. The molecule has 1 N–H and O–H groups in total. The monoisotopic (exact) mass is 224 g/mol. The van der Waals surface area contributed by atoms with Crippen LogP contribution in [-0.4, -0.2) is 35.1 Å². The van der Waals surface area contributed by atoms with E-state index in [0.29, 0.717) is 18.7 Å². The molecule has 1 aromatic heterocycles. The van der Waals surface area contributed by atoms with Crippen molar-refractivity contribution in [2.75, 3.05) is 14.2 Å². The van der Waals surface area contributed by atoms with Gasteiger partial charge in [0.1, 0.15) is 0 Å². The summed E-state index contributed by atoms with van der Waals surface area (Å²) in [5.41, 5.74) is 0. The van der Waals surface area contributed by atoms with E-state index >= 15 is 0 Å². The topological polar surface area (TPSA) is 86.2 Å². The molecule has 2 rings (SSSR count). The van der Waals surface area contributed by atoms with Crippen molar-refractivity contribution >= 4 is 5.91 Å². The number of aromatic nitrogens is 3. The lowest BCUT2D eigenvalue weighted by Gasteiger charge is -2.09. The first-order valence-electron chi connectivity index (χ1n) is 4.86. The van der Waals surface area contributed by atoms with Crippen LogP contribution < -0.4 is 14.8 Å². The van der Waals surface area contributed by atoms with Crippen LogP contribution >= 0.6 is 0 Å². The standard InChI is InChI=1S/C9H12N4O3/c1-15-8-11-7(12-9(13-8)16-2)5-3-4-6(14)10-5/h5H,3-4H2,1-2H3,(H,10,14). The molecular formula is C9H12N4O3. The fourth-order valence-electron chi connectivity index (χ4n) is 1.50. The first-order chi connectivity index (χ1) is 7.72. The molecule has 1 aliphatic heterocycles. The second-order valence-corrected chi connectivity index (χ2v) is 3.33. The highest BCUT2D eigenvalue weighted by Crippen LogP contribution is 2.22. The van der Waals surface area contributed by atoms with Crippen molar-refractivity contribution in [3.05, 3.63) is 5.82 Å². The van der Waals surface area contributed by atoms with Crippen molar-refractivity contribution in [3.63, 3.8) is 0 Å². The normalized spacial score (nSPS) is 19.4. The Morgan fingerprint density at radius 3 is 2.25 bits per heavy atom. The van der Waals surface area contributed by atoms with Crippen LogP contribution in [0.4, 0.5) is 0 Å². The van der Waals surface area contributed by atoms with Crippen LogP contribution in [0.3, 0.4) is 0 Å². The van der Waals surface area contributed by atoms with E-state index < -0.39 is 0 Å². The highest BCUT2D eigenvalue weighted by Gasteiger charge is 2.26. The first-order valence-corrected chi connectivity index (χ1v) is 4.86. The van der Waals surface area contributed by atoms with Gasteiger partial charge >= 0.3 is 12.0 Å². The van der Waals surface area contributed by atoms with E-state index in [0.717, 1.165) is 0 Å². The summed E-state index contributed by atoms with van der Waals surface area (Å²) in [6.07, 6.45) is 1.16. The predicted molar refractivity (Wildman–Crippen MR) is 53.0 cm³/mol. The summed E-state index contributed by atoms with van der Waals surface area (Å²) in [6, 6.07) is 0.185. The lowest BCUT2D eigenvalue weighted by atomic mass is 10.2. The quantitative estimate of drug-likeness (QED) is 0.767. The van der Waals surface area contributed by atoms with Gasteiger partial charge in [0.25, 0.3) is 0 Å². The van der Waals surface area contributed by atoms with Crippen molar-refractivity contribution in [3.8, 4) is 12.0 Å². The van der Waals surface area contributed by atoms with E-state index in [-0.39, 0.29) is 24.0 Å². The molecule has 7 heteroatoms. The molecule has 1 atom stereocenters. The number of ether oxygens (including phenoxy) is 2. The number of nitrogens with zero attached hydrogens (tertiary/aromatic N) is 3. The lowest BCUT2D eigenvalue weighted by Crippen LogP contribution is -2.21. The molecule has 1 unspecified atom stereocenters. The molecule has 0 spiro atoms. The Bertz CT molecular complexity index is 387. The third-order valence-electron chi connectivity index (χ3n) is 2.28. The van der Waals surface area contributed by atoms with Gasteiger partial charge in [-0.15, -0.1) is 4.98 Å². The predicted octanol–water partition coefficient (Wildman–Crippen LogP) is -0.160. The summed E-state index contributed by atoms with van der Waals surface area (Å²) < 4.78 is 9.86. The summed E-state index contributed by atoms with van der Waals surface area (Å²) in [6.45, 7) is 0. The average Bonchev–Trinajstić information content (AvgIpc) is 2.75. The van der Waals surface area contributed by atoms with Crippen LogP contribution in [0, 0.1) is 0 Å². The van der Waals surface area contributed by atoms with Crippen molar-refractivity contribution in [1.82, 2.24) is 20.3 Å². The van der Waals surface area contributed by atoms with Crippen LogP contribution in [0.5, 0.6) is 12.0 Å². The van der Waals surface area contributed by atoms with Crippen LogP contribution in [-0.2, 0) is 4.79 Å². The molecule has 0 aliphatic carbocycles. The average molecular weight is 224 g/mol. The minimum atomic E-state index is -0.182. The maximum absolute atomic E-state index is 11.1. The maximum Gasteiger partial charge on any atom is 0.322 e. The van der Waals surface area contributed by atoms with Gasteiger partial charge < -0.3 is 14.8 Å². The summed E-state index contributed by atoms with van der Waals surface area (Å²) in [4.78, 5) is 23.1. The van der Waals surface area contributed by atoms with Gasteiger partial charge in [-0.25, -0.2) is 0 Å². The molecule has 1 amide bonds. The molecule has 86 valence electrons. The van der Waals surface area contributed by atoms with Crippen molar-refractivity contribution in [2.24, 2.45) is 0 Å². The Morgan fingerprint density at radius 1 is 1.19 bits per heavy atom. The molecular weight excluding hydrogens is 212 g/mol. The second kappa shape index (κ2) is 4.30. The molecule has 7 nitrogen and oxygen atoms in total. The molecule has 1 saturated heterocycles.